The Kier molecular flexibility index (Phi) is 6.03. The number of nitrogens with one attached hydrogen (secondary N) is 1. The molecule has 148 valence electrons. The summed E-state index contributed by atoms with van der Waals surface area (Å²) < 4.78 is 0. The molecule has 0 saturated carbocycles. The average Bonchev–Trinajstić information content (AvgIpc) is 2.76. The molecule has 1 fully saturated rings. The number of halogens is 1. The lowest BCUT2D eigenvalue weighted by Crippen LogP contribution is -2.46. The van der Waals surface area contributed by atoms with Gasteiger partial charge in [0.25, 0.3) is 5.91 Å². The number of amides is 1. The first-order valence-corrected chi connectivity index (χ1v) is 9.94. The van der Waals surface area contributed by atoms with Gasteiger partial charge in [-0.05, 0) is 48.0 Å². The molecule has 1 aliphatic rings. The van der Waals surface area contributed by atoms with Crippen molar-refractivity contribution in [2.45, 2.75) is 6.54 Å². The maximum Gasteiger partial charge on any atom is 0.255 e. The zero-order valence-electron chi connectivity index (χ0n) is 16.0. The smallest absolute Gasteiger partial charge is 0.255 e. The van der Waals surface area contributed by atoms with Crippen LogP contribution in [0.3, 0.4) is 0 Å². The summed E-state index contributed by atoms with van der Waals surface area (Å²) in [5.74, 6) is 0.746. The van der Waals surface area contributed by atoms with Crippen LogP contribution in [0, 0.1) is 0 Å². The predicted octanol–water partition coefficient (Wildman–Crippen LogP) is 3.70. The fraction of sp³-hybridized carbons (Fsp3) is 0.227. The van der Waals surface area contributed by atoms with Gasteiger partial charge in [0.2, 0.25) is 0 Å². The molecular weight excluding hydrogens is 386 g/mol. The van der Waals surface area contributed by atoms with Crippen LogP contribution in [0.5, 0.6) is 0 Å². The van der Waals surface area contributed by atoms with Gasteiger partial charge < -0.3 is 10.2 Å². The van der Waals surface area contributed by atoms with Crippen LogP contribution in [-0.4, -0.2) is 47.0 Å². The molecule has 1 saturated heterocycles. The van der Waals surface area contributed by atoms with Crippen LogP contribution >= 0.6 is 11.6 Å². The van der Waals surface area contributed by atoms with Crippen molar-refractivity contribution in [3.05, 3.63) is 83.3 Å². The van der Waals surface area contributed by atoms with E-state index in [0.717, 1.165) is 38.5 Å². The lowest BCUT2D eigenvalue weighted by Gasteiger charge is -2.35. The summed E-state index contributed by atoms with van der Waals surface area (Å²) >= 11 is 5.87. The van der Waals surface area contributed by atoms with Crippen molar-refractivity contribution >= 4 is 29.0 Å². The fourth-order valence-corrected chi connectivity index (χ4v) is 3.46. The third kappa shape index (κ3) is 5.10. The summed E-state index contributed by atoms with van der Waals surface area (Å²) in [4.78, 5) is 25.7. The van der Waals surface area contributed by atoms with Gasteiger partial charge in [-0.3, -0.25) is 14.7 Å². The van der Waals surface area contributed by atoms with Gasteiger partial charge in [-0.25, -0.2) is 4.98 Å². The Balaban J connectivity index is 1.30. The molecule has 2 aromatic heterocycles. The number of hydrogen-bond donors (Lipinski definition) is 1. The van der Waals surface area contributed by atoms with Crippen molar-refractivity contribution in [2.24, 2.45) is 0 Å². The second-order valence-electron chi connectivity index (χ2n) is 6.99. The van der Waals surface area contributed by atoms with E-state index in [2.05, 4.69) is 31.2 Å². The van der Waals surface area contributed by atoms with Gasteiger partial charge >= 0.3 is 0 Å². The van der Waals surface area contributed by atoms with E-state index in [1.165, 1.54) is 5.56 Å². The summed E-state index contributed by atoms with van der Waals surface area (Å²) in [7, 11) is 0. The number of anilines is 2. The van der Waals surface area contributed by atoms with Crippen molar-refractivity contribution in [1.29, 1.82) is 0 Å². The molecule has 0 radical (unpaired) electrons. The molecule has 1 N–H and O–H groups in total. The third-order valence-corrected chi connectivity index (χ3v) is 5.19. The fourth-order valence-electron chi connectivity index (χ4n) is 3.34. The maximum atomic E-state index is 12.3. The molecule has 1 amide bonds. The van der Waals surface area contributed by atoms with E-state index in [0.29, 0.717) is 16.3 Å². The van der Waals surface area contributed by atoms with Crippen molar-refractivity contribution in [3.8, 4) is 0 Å². The van der Waals surface area contributed by atoms with E-state index in [9.17, 15) is 4.79 Å². The highest BCUT2D eigenvalue weighted by molar-refractivity contribution is 6.30. The summed E-state index contributed by atoms with van der Waals surface area (Å²) in [5, 5.41) is 3.47. The number of pyridine rings is 2. The van der Waals surface area contributed by atoms with Crippen LogP contribution in [0.2, 0.25) is 5.02 Å². The summed E-state index contributed by atoms with van der Waals surface area (Å²) in [6.07, 6.45) is 5.42. The highest BCUT2D eigenvalue weighted by Gasteiger charge is 2.18. The minimum absolute atomic E-state index is 0.180. The Hall–Kier alpha value is -2.96. The quantitative estimate of drug-likeness (QED) is 0.698. The lowest BCUT2D eigenvalue weighted by molar-refractivity contribution is 0.102. The molecule has 0 spiro atoms. The summed E-state index contributed by atoms with van der Waals surface area (Å²) in [6.45, 7) is 4.72. The van der Waals surface area contributed by atoms with E-state index in [-0.39, 0.29) is 5.91 Å². The Bertz CT molecular complexity index is 939. The number of benzene rings is 1. The van der Waals surface area contributed by atoms with Crippen LogP contribution in [0.4, 0.5) is 11.5 Å². The van der Waals surface area contributed by atoms with Gasteiger partial charge in [0.15, 0.2) is 0 Å². The number of aromatic nitrogens is 2. The largest absolute Gasteiger partial charge is 0.354 e. The molecule has 29 heavy (non-hydrogen) atoms. The number of hydrogen-bond acceptors (Lipinski definition) is 5. The van der Waals surface area contributed by atoms with Crippen LogP contribution < -0.4 is 10.2 Å². The van der Waals surface area contributed by atoms with Gasteiger partial charge in [-0.2, -0.15) is 0 Å². The minimum atomic E-state index is -0.180. The first-order valence-electron chi connectivity index (χ1n) is 9.56. The highest BCUT2D eigenvalue weighted by Crippen LogP contribution is 2.18. The highest BCUT2D eigenvalue weighted by atomic mass is 35.5. The molecule has 1 aliphatic heterocycles. The van der Waals surface area contributed by atoms with Gasteiger partial charge in [0.05, 0.1) is 11.9 Å². The van der Waals surface area contributed by atoms with E-state index >= 15 is 0 Å². The number of rotatable bonds is 5. The van der Waals surface area contributed by atoms with Crippen molar-refractivity contribution in [2.75, 3.05) is 36.4 Å². The first kappa shape index (κ1) is 19.4. The molecule has 3 aromatic rings. The predicted molar refractivity (Wildman–Crippen MR) is 115 cm³/mol. The van der Waals surface area contributed by atoms with Crippen LogP contribution in [0.1, 0.15) is 15.9 Å². The summed E-state index contributed by atoms with van der Waals surface area (Å²) in [6, 6.07) is 14.7. The van der Waals surface area contributed by atoms with Gasteiger partial charge in [-0.1, -0.05) is 17.7 Å². The molecule has 0 unspecified atom stereocenters. The van der Waals surface area contributed by atoms with Crippen molar-refractivity contribution < 1.29 is 4.79 Å². The van der Waals surface area contributed by atoms with Crippen LogP contribution in [0.25, 0.3) is 0 Å². The van der Waals surface area contributed by atoms with Gasteiger partial charge in [-0.15, -0.1) is 0 Å². The van der Waals surface area contributed by atoms with Crippen molar-refractivity contribution in [3.63, 3.8) is 0 Å². The van der Waals surface area contributed by atoms with E-state index < -0.39 is 0 Å². The van der Waals surface area contributed by atoms with Crippen molar-refractivity contribution in [1.82, 2.24) is 14.9 Å². The molecule has 0 aliphatic carbocycles. The molecule has 7 heteroatoms. The molecule has 4 rings (SSSR count). The number of piperazine rings is 1. The van der Waals surface area contributed by atoms with Gasteiger partial charge in [0.1, 0.15) is 5.82 Å². The summed E-state index contributed by atoms with van der Waals surface area (Å²) in [5.41, 5.74) is 2.46. The van der Waals surface area contributed by atoms with Gasteiger partial charge in [0, 0.05) is 55.7 Å². The average molecular weight is 408 g/mol. The lowest BCUT2D eigenvalue weighted by atomic mass is 10.2. The second-order valence-corrected chi connectivity index (χ2v) is 7.43. The number of carbonyl (C=O) groups is 1. The first-order chi connectivity index (χ1) is 14.2. The van der Waals surface area contributed by atoms with E-state index in [1.807, 2.05) is 24.4 Å². The zero-order chi connectivity index (χ0) is 20.1. The molecule has 0 atom stereocenters. The molecule has 6 nitrogen and oxygen atoms in total. The standard InChI is InChI=1S/C22H22ClN5O/c23-19-5-3-18(4-6-19)22(29)26-20-7-8-21(25-15-20)28-12-10-27(11-13-28)16-17-2-1-9-24-14-17/h1-9,14-15H,10-13,16H2,(H,26,29). The monoisotopic (exact) mass is 407 g/mol. The maximum absolute atomic E-state index is 12.3. The molecule has 0 bridgehead atoms. The van der Waals surface area contributed by atoms with E-state index in [1.54, 1.807) is 36.7 Å². The Labute approximate surface area is 175 Å². The molecule has 3 heterocycles. The molecular formula is C22H22ClN5O. The Morgan fingerprint density at radius 3 is 2.45 bits per heavy atom. The van der Waals surface area contributed by atoms with Crippen LogP contribution in [-0.2, 0) is 6.54 Å². The topological polar surface area (TPSA) is 61.4 Å². The SMILES string of the molecule is O=C(Nc1ccc(N2CCN(Cc3cccnc3)CC2)nc1)c1ccc(Cl)cc1. The molecule has 1 aromatic carbocycles. The Morgan fingerprint density at radius 1 is 1.00 bits per heavy atom. The number of carbonyl (C=O) groups excluding carboxylic acids is 1. The normalized spacial score (nSPS) is 14.6. The minimum Gasteiger partial charge on any atom is -0.354 e. The Morgan fingerprint density at radius 2 is 1.79 bits per heavy atom. The number of nitrogens with zero attached hydrogens (tertiary/aromatic N) is 4. The van der Waals surface area contributed by atoms with E-state index in [4.69, 9.17) is 11.6 Å². The van der Waals surface area contributed by atoms with Crippen LogP contribution in [0.15, 0.2) is 67.1 Å². The third-order valence-electron chi connectivity index (χ3n) is 4.94. The second kappa shape index (κ2) is 9.03. The zero-order valence-corrected chi connectivity index (χ0v) is 16.7.